The topological polar surface area (TPSA) is 58.6 Å². The predicted octanol–water partition coefficient (Wildman–Crippen LogP) is 2.10. The van der Waals surface area contributed by atoms with Crippen LogP contribution in [-0.4, -0.2) is 11.3 Å². The van der Waals surface area contributed by atoms with E-state index in [0.717, 1.165) is 0 Å². The Bertz CT molecular complexity index is 327. The molecule has 0 aliphatic rings. The number of nitrogens with zero attached hydrogens (tertiary/aromatic N) is 1. The third kappa shape index (κ3) is 1.89. The molecule has 12 heavy (non-hydrogen) atoms. The summed E-state index contributed by atoms with van der Waals surface area (Å²) in [6.45, 7) is 0. The minimum atomic E-state index is 0.0774. The summed E-state index contributed by atoms with van der Waals surface area (Å²) in [5.74, 6) is 5.01. The van der Waals surface area contributed by atoms with Gasteiger partial charge in [0.15, 0.2) is 0 Å². The summed E-state index contributed by atoms with van der Waals surface area (Å²) in [5, 5.41) is 13.2. The summed E-state index contributed by atoms with van der Waals surface area (Å²) in [4.78, 5) is 0. The number of halogens is 2. The molecule has 0 saturated heterocycles. The molecule has 0 aromatic heterocycles. The van der Waals surface area contributed by atoms with Crippen LogP contribution in [0.25, 0.3) is 0 Å². The van der Waals surface area contributed by atoms with Crippen LogP contribution < -0.4 is 5.84 Å². The van der Waals surface area contributed by atoms with E-state index >= 15 is 0 Å². The van der Waals surface area contributed by atoms with Crippen molar-refractivity contribution in [2.75, 3.05) is 0 Å². The van der Waals surface area contributed by atoms with Crippen molar-refractivity contribution in [3.05, 3.63) is 27.2 Å². The zero-order valence-electron chi connectivity index (χ0n) is 5.96. The van der Waals surface area contributed by atoms with Crippen molar-refractivity contribution in [3.63, 3.8) is 0 Å². The zero-order chi connectivity index (χ0) is 9.14. The van der Waals surface area contributed by atoms with Gasteiger partial charge in [0.2, 0.25) is 0 Å². The Kier molecular flexibility index (Phi) is 2.94. The summed E-state index contributed by atoms with van der Waals surface area (Å²) in [7, 11) is 0. The van der Waals surface area contributed by atoms with Crippen LogP contribution in [0.4, 0.5) is 0 Å². The Balaban J connectivity index is 3.27. The van der Waals surface area contributed by atoms with Gasteiger partial charge in [0, 0.05) is 10.6 Å². The summed E-state index contributed by atoms with van der Waals surface area (Å²) < 4.78 is 0.518. The zero-order valence-corrected chi connectivity index (χ0v) is 8.30. The minimum Gasteiger partial charge on any atom is -0.506 e. The molecule has 0 heterocycles. The lowest BCUT2D eigenvalue weighted by Gasteiger charge is -2.01. The first-order chi connectivity index (χ1) is 5.65. The van der Waals surface area contributed by atoms with Gasteiger partial charge in [0.1, 0.15) is 5.75 Å². The van der Waals surface area contributed by atoms with Gasteiger partial charge in [-0.15, -0.1) is 0 Å². The number of benzene rings is 1. The van der Waals surface area contributed by atoms with Gasteiger partial charge >= 0.3 is 0 Å². The quantitative estimate of drug-likeness (QED) is 0.455. The van der Waals surface area contributed by atoms with Gasteiger partial charge in [0.25, 0.3) is 0 Å². The molecule has 0 saturated carbocycles. The SMILES string of the molecule is NN=Cc1cc(Cl)cc(Br)c1O. The minimum absolute atomic E-state index is 0.0774. The monoisotopic (exact) mass is 248 g/mol. The number of hydrogen-bond donors (Lipinski definition) is 2. The van der Waals surface area contributed by atoms with Gasteiger partial charge in [-0.2, -0.15) is 5.10 Å². The maximum atomic E-state index is 9.40. The highest BCUT2D eigenvalue weighted by Crippen LogP contribution is 2.30. The van der Waals surface area contributed by atoms with E-state index in [9.17, 15) is 5.11 Å². The van der Waals surface area contributed by atoms with Crippen molar-refractivity contribution >= 4 is 33.7 Å². The van der Waals surface area contributed by atoms with Crippen LogP contribution in [0.15, 0.2) is 21.7 Å². The van der Waals surface area contributed by atoms with Gasteiger partial charge < -0.3 is 10.9 Å². The van der Waals surface area contributed by atoms with E-state index in [1.165, 1.54) is 6.21 Å². The molecule has 0 aliphatic heterocycles. The van der Waals surface area contributed by atoms with Crippen LogP contribution in [0.2, 0.25) is 5.02 Å². The number of nitrogens with two attached hydrogens (primary N) is 1. The first-order valence-corrected chi connectivity index (χ1v) is 4.23. The highest BCUT2D eigenvalue weighted by molar-refractivity contribution is 9.10. The molecule has 3 nitrogen and oxygen atoms in total. The second-order valence-corrected chi connectivity index (χ2v) is 3.39. The Morgan fingerprint density at radius 3 is 2.83 bits per heavy atom. The van der Waals surface area contributed by atoms with Crippen molar-refractivity contribution < 1.29 is 5.11 Å². The van der Waals surface area contributed by atoms with Crippen LogP contribution >= 0.6 is 27.5 Å². The van der Waals surface area contributed by atoms with Gasteiger partial charge in [0.05, 0.1) is 10.7 Å². The predicted molar refractivity (Wildman–Crippen MR) is 52.6 cm³/mol. The number of hydrogen-bond acceptors (Lipinski definition) is 3. The molecule has 0 aliphatic carbocycles. The van der Waals surface area contributed by atoms with Crippen molar-refractivity contribution in [1.82, 2.24) is 0 Å². The third-order valence-electron chi connectivity index (χ3n) is 1.27. The van der Waals surface area contributed by atoms with Crippen molar-refractivity contribution in [2.24, 2.45) is 10.9 Å². The van der Waals surface area contributed by atoms with E-state index in [2.05, 4.69) is 21.0 Å². The van der Waals surface area contributed by atoms with Crippen molar-refractivity contribution in [1.29, 1.82) is 0 Å². The Morgan fingerprint density at radius 1 is 1.58 bits per heavy atom. The molecule has 0 amide bonds. The second kappa shape index (κ2) is 3.78. The van der Waals surface area contributed by atoms with Gasteiger partial charge in [-0.05, 0) is 28.1 Å². The van der Waals surface area contributed by atoms with Crippen molar-refractivity contribution in [2.45, 2.75) is 0 Å². The first-order valence-electron chi connectivity index (χ1n) is 3.06. The van der Waals surface area contributed by atoms with Crippen LogP contribution in [0.3, 0.4) is 0 Å². The van der Waals surface area contributed by atoms with E-state index in [-0.39, 0.29) is 5.75 Å². The first kappa shape index (κ1) is 9.35. The van der Waals surface area contributed by atoms with Crippen LogP contribution in [0, 0.1) is 0 Å². The molecule has 1 rings (SSSR count). The molecule has 0 atom stereocenters. The van der Waals surface area contributed by atoms with Gasteiger partial charge in [-0.1, -0.05) is 11.6 Å². The lowest BCUT2D eigenvalue weighted by Crippen LogP contribution is -1.87. The lowest BCUT2D eigenvalue weighted by atomic mass is 10.2. The molecule has 1 aromatic rings. The number of rotatable bonds is 1. The maximum absolute atomic E-state index is 9.40. The smallest absolute Gasteiger partial charge is 0.138 e. The average molecular weight is 249 g/mol. The van der Waals surface area contributed by atoms with E-state index in [1.807, 2.05) is 0 Å². The number of phenols is 1. The Hall–Kier alpha value is -0.740. The normalized spacial score (nSPS) is 10.8. The molecule has 0 radical (unpaired) electrons. The molecule has 0 unspecified atom stereocenters. The number of phenolic OH excluding ortho intramolecular Hbond substituents is 1. The second-order valence-electron chi connectivity index (χ2n) is 2.10. The lowest BCUT2D eigenvalue weighted by molar-refractivity contribution is 0.471. The third-order valence-corrected chi connectivity index (χ3v) is 2.09. The molecule has 0 fully saturated rings. The number of aromatic hydroxyl groups is 1. The maximum Gasteiger partial charge on any atom is 0.138 e. The van der Waals surface area contributed by atoms with E-state index in [4.69, 9.17) is 17.4 Å². The fourth-order valence-electron chi connectivity index (χ4n) is 0.765. The van der Waals surface area contributed by atoms with Crippen LogP contribution in [-0.2, 0) is 0 Å². The van der Waals surface area contributed by atoms with E-state index < -0.39 is 0 Å². The summed E-state index contributed by atoms with van der Waals surface area (Å²) >= 11 is 8.84. The standard InChI is InChI=1S/C7H6BrClN2O/c8-6-2-5(9)1-4(3-11-10)7(6)12/h1-3,12H,10H2. The highest BCUT2D eigenvalue weighted by Gasteiger charge is 2.04. The molecule has 3 N–H and O–H groups in total. The summed E-state index contributed by atoms with van der Waals surface area (Å²) in [5.41, 5.74) is 0.483. The fraction of sp³-hybridized carbons (Fsp3) is 0. The molecule has 0 spiro atoms. The largest absolute Gasteiger partial charge is 0.506 e. The van der Waals surface area contributed by atoms with Crippen LogP contribution in [0.1, 0.15) is 5.56 Å². The van der Waals surface area contributed by atoms with Gasteiger partial charge in [-0.25, -0.2) is 0 Å². The molecular weight excluding hydrogens is 243 g/mol. The molecular formula is C7H6BrClN2O. The summed E-state index contributed by atoms with van der Waals surface area (Å²) in [6, 6.07) is 3.16. The molecule has 64 valence electrons. The van der Waals surface area contributed by atoms with Gasteiger partial charge in [-0.3, -0.25) is 0 Å². The number of hydrazone groups is 1. The Morgan fingerprint density at radius 2 is 2.25 bits per heavy atom. The fourth-order valence-corrected chi connectivity index (χ4v) is 1.60. The average Bonchev–Trinajstić information content (AvgIpc) is 2.00. The Labute approximate surface area is 83.0 Å². The molecule has 1 aromatic carbocycles. The van der Waals surface area contributed by atoms with Crippen molar-refractivity contribution in [3.8, 4) is 5.75 Å². The molecule has 5 heteroatoms. The van der Waals surface area contributed by atoms with E-state index in [1.54, 1.807) is 12.1 Å². The van der Waals surface area contributed by atoms with Crippen LogP contribution in [0.5, 0.6) is 5.75 Å². The summed E-state index contributed by atoms with van der Waals surface area (Å²) in [6.07, 6.45) is 1.33. The van der Waals surface area contributed by atoms with E-state index in [0.29, 0.717) is 15.1 Å². The molecule has 0 bridgehead atoms. The highest BCUT2D eigenvalue weighted by atomic mass is 79.9.